The van der Waals surface area contributed by atoms with E-state index in [9.17, 15) is 9.59 Å². The molecular weight excluding hydrogens is 244 g/mol. The molecule has 0 aliphatic carbocycles. The standard InChI is InChI=1S/C14H26N2O3/c1-11(6-4-7-12(17)18)15-13(19)16-9-5-8-14(2,3)10-16/h11H,4-10H2,1-3H3,(H,15,19)(H,17,18). The Morgan fingerprint density at radius 2 is 2.11 bits per heavy atom. The van der Waals surface area contributed by atoms with E-state index in [0.717, 1.165) is 25.9 Å². The van der Waals surface area contributed by atoms with Crippen LogP contribution in [0.25, 0.3) is 0 Å². The zero-order chi connectivity index (χ0) is 14.5. The number of amides is 2. The van der Waals surface area contributed by atoms with Crippen molar-refractivity contribution in [2.45, 2.75) is 58.9 Å². The van der Waals surface area contributed by atoms with Crippen molar-refractivity contribution in [3.63, 3.8) is 0 Å². The summed E-state index contributed by atoms with van der Waals surface area (Å²) in [6.07, 6.45) is 3.67. The number of likely N-dealkylation sites (tertiary alicyclic amines) is 1. The Hall–Kier alpha value is -1.26. The van der Waals surface area contributed by atoms with Crippen molar-refractivity contribution in [1.82, 2.24) is 10.2 Å². The van der Waals surface area contributed by atoms with Crippen LogP contribution in [0.1, 0.15) is 52.9 Å². The number of rotatable bonds is 5. The molecule has 5 nitrogen and oxygen atoms in total. The second-order valence-electron chi connectivity index (χ2n) is 6.33. The van der Waals surface area contributed by atoms with Gasteiger partial charge in [-0.05, 0) is 38.0 Å². The van der Waals surface area contributed by atoms with Crippen molar-refractivity contribution in [3.8, 4) is 0 Å². The van der Waals surface area contributed by atoms with Crippen LogP contribution in [-0.4, -0.2) is 41.1 Å². The predicted molar refractivity (Wildman–Crippen MR) is 74.1 cm³/mol. The van der Waals surface area contributed by atoms with Crippen molar-refractivity contribution in [1.29, 1.82) is 0 Å². The van der Waals surface area contributed by atoms with E-state index in [4.69, 9.17) is 5.11 Å². The monoisotopic (exact) mass is 270 g/mol. The van der Waals surface area contributed by atoms with E-state index >= 15 is 0 Å². The fourth-order valence-corrected chi connectivity index (χ4v) is 2.53. The lowest BCUT2D eigenvalue weighted by Gasteiger charge is -2.38. The van der Waals surface area contributed by atoms with E-state index in [-0.39, 0.29) is 23.9 Å². The van der Waals surface area contributed by atoms with Gasteiger partial charge >= 0.3 is 12.0 Å². The highest BCUT2D eigenvalue weighted by Crippen LogP contribution is 2.28. The van der Waals surface area contributed by atoms with Gasteiger partial charge < -0.3 is 15.3 Å². The fourth-order valence-electron chi connectivity index (χ4n) is 2.53. The molecular formula is C14H26N2O3. The largest absolute Gasteiger partial charge is 0.481 e. The van der Waals surface area contributed by atoms with E-state index in [2.05, 4.69) is 19.2 Å². The highest BCUT2D eigenvalue weighted by Gasteiger charge is 2.29. The van der Waals surface area contributed by atoms with Gasteiger partial charge in [0.05, 0.1) is 0 Å². The lowest BCUT2D eigenvalue weighted by molar-refractivity contribution is -0.137. The molecule has 1 unspecified atom stereocenters. The van der Waals surface area contributed by atoms with E-state index < -0.39 is 5.97 Å². The second-order valence-corrected chi connectivity index (χ2v) is 6.33. The fraction of sp³-hybridized carbons (Fsp3) is 0.857. The Morgan fingerprint density at radius 3 is 2.68 bits per heavy atom. The van der Waals surface area contributed by atoms with Crippen molar-refractivity contribution in [2.75, 3.05) is 13.1 Å². The van der Waals surface area contributed by atoms with Gasteiger partial charge in [-0.15, -0.1) is 0 Å². The maximum absolute atomic E-state index is 12.1. The summed E-state index contributed by atoms with van der Waals surface area (Å²) in [4.78, 5) is 24.4. The molecule has 0 aromatic heterocycles. The molecule has 2 N–H and O–H groups in total. The molecule has 1 saturated heterocycles. The van der Waals surface area contributed by atoms with Crippen LogP contribution < -0.4 is 5.32 Å². The number of hydrogen-bond donors (Lipinski definition) is 2. The van der Waals surface area contributed by atoms with Crippen molar-refractivity contribution in [3.05, 3.63) is 0 Å². The van der Waals surface area contributed by atoms with Gasteiger partial charge in [-0.25, -0.2) is 4.79 Å². The number of nitrogens with zero attached hydrogens (tertiary/aromatic N) is 1. The van der Waals surface area contributed by atoms with E-state index in [1.54, 1.807) is 0 Å². The van der Waals surface area contributed by atoms with Crippen LogP contribution in [0.15, 0.2) is 0 Å². The highest BCUT2D eigenvalue weighted by molar-refractivity contribution is 5.74. The van der Waals surface area contributed by atoms with Gasteiger partial charge in [0.1, 0.15) is 0 Å². The van der Waals surface area contributed by atoms with Crippen LogP contribution in [0.3, 0.4) is 0 Å². The molecule has 0 aromatic carbocycles. The number of nitrogens with one attached hydrogen (secondary N) is 1. The van der Waals surface area contributed by atoms with Crippen LogP contribution in [-0.2, 0) is 4.79 Å². The number of urea groups is 1. The summed E-state index contributed by atoms with van der Waals surface area (Å²) >= 11 is 0. The van der Waals surface area contributed by atoms with Gasteiger partial charge in [0, 0.05) is 25.6 Å². The number of carbonyl (C=O) groups is 2. The molecule has 0 radical (unpaired) electrons. The summed E-state index contributed by atoms with van der Waals surface area (Å²) in [7, 11) is 0. The number of hydrogen-bond acceptors (Lipinski definition) is 2. The van der Waals surface area contributed by atoms with Crippen LogP contribution in [0, 0.1) is 5.41 Å². The zero-order valence-electron chi connectivity index (χ0n) is 12.2. The molecule has 1 fully saturated rings. The van der Waals surface area contributed by atoms with E-state index in [1.807, 2.05) is 11.8 Å². The molecule has 19 heavy (non-hydrogen) atoms. The van der Waals surface area contributed by atoms with Crippen LogP contribution in [0.2, 0.25) is 0 Å². The molecule has 1 aliphatic rings. The number of carbonyl (C=O) groups excluding carboxylic acids is 1. The molecule has 0 bridgehead atoms. The van der Waals surface area contributed by atoms with E-state index in [1.165, 1.54) is 0 Å². The molecule has 1 aliphatic heterocycles. The molecule has 110 valence electrons. The first-order valence-electron chi connectivity index (χ1n) is 7.07. The Morgan fingerprint density at radius 1 is 1.42 bits per heavy atom. The second kappa shape index (κ2) is 6.78. The van der Waals surface area contributed by atoms with Gasteiger partial charge in [0.25, 0.3) is 0 Å². The summed E-state index contributed by atoms with van der Waals surface area (Å²) in [5, 5.41) is 11.5. The van der Waals surface area contributed by atoms with Gasteiger partial charge in [0.2, 0.25) is 0 Å². The Balaban J connectivity index is 2.31. The summed E-state index contributed by atoms with van der Waals surface area (Å²) in [5.41, 5.74) is 0.197. The Bertz CT molecular complexity index is 329. The van der Waals surface area contributed by atoms with Gasteiger partial charge in [0.15, 0.2) is 0 Å². The third kappa shape index (κ3) is 5.94. The SMILES string of the molecule is CC(CCCC(=O)O)NC(=O)N1CCCC(C)(C)C1. The summed E-state index contributed by atoms with van der Waals surface area (Å²) < 4.78 is 0. The molecule has 0 aromatic rings. The minimum atomic E-state index is -0.781. The Kier molecular flexibility index (Phi) is 5.63. The van der Waals surface area contributed by atoms with Crippen LogP contribution in [0.4, 0.5) is 4.79 Å². The smallest absolute Gasteiger partial charge is 0.317 e. The highest BCUT2D eigenvalue weighted by atomic mass is 16.4. The van der Waals surface area contributed by atoms with Crippen molar-refractivity contribution >= 4 is 12.0 Å². The number of piperidine rings is 1. The summed E-state index contributed by atoms with van der Waals surface area (Å²) in [6, 6.07) is 0.00693. The number of aliphatic carboxylic acids is 1. The quantitative estimate of drug-likeness (QED) is 0.806. The minimum absolute atomic E-state index is 0.0180. The van der Waals surface area contributed by atoms with E-state index in [0.29, 0.717) is 12.8 Å². The van der Waals surface area contributed by atoms with Gasteiger partial charge in [-0.1, -0.05) is 13.8 Å². The molecule has 0 spiro atoms. The average Bonchev–Trinajstić information content (AvgIpc) is 2.26. The third-order valence-electron chi connectivity index (χ3n) is 3.59. The minimum Gasteiger partial charge on any atom is -0.481 e. The van der Waals surface area contributed by atoms with Crippen molar-refractivity contribution < 1.29 is 14.7 Å². The first kappa shape index (κ1) is 15.8. The van der Waals surface area contributed by atoms with Gasteiger partial charge in [-0.2, -0.15) is 0 Å². The Labute approximate surface area is 115 Å². The molecule has 1 rings (SSSR count). The first-order valence-corrected chi connectivity index (χ1v) is 7.07. The number of carboxylic acids is 1. The predicted octanol–water partition coefficient (Wildman–Crippen LogP) is 2.46. The lowest BCUT2D eigenvalue weighted by Crippen LogP contribution is -2.50. The molecule has 0 saturated carbocycles. The molecule has 1 heterocycles. The van der Waals surface area contributed by atoms with Crippen molar-refractivity contribution in [2.24, 2.45) is 5.41 Å². The molecule has 2 amide bonds. The topological polar surface area (TPSA) is 69.6 Å². The first-order chi connectivity index (χ1) is 8.80. The maximum atomic E-state index is 12.1. The molecule has 5 heteroatoms. The zero-order valence-corrected chi connectivity index (χ0v) is 12.2. The van der Waals surface area contributed by atoms with Gasteiger partial charge in [-0.3, -0.25) is 4.79 Å². The van der Waals surface area contributed by atoms with Crippen LogP contribution in [0.5, 0.6) is 0 Å². The maximum Gasteiger partial charge on any atom is 0.317 e. The summed E-state index contributed by atoms with van der Waals surface area (Å²) in [6.45, 7) is 7.90. The van der Waals surface area contributed by atoms with Crippen LogP contribution >= 0.6 is 0 Å². The molecule has 1 atom stereocenters. The average molecular weight is 270 g/mol. The number of carboxylic acid groups (broad SMARTS) is 1. The third-order valence-corrected chi connectivity index (χ3v) is 3.59. The normalized spacial score (nSPS) is 19.8. The lowest BCUT2D eigenvalue weighted by atomic mass is 9.84. The summed E-state index contributed by atoms with van der Waals surface area (Å²) in [5.74, 6) is -0.781.